The molecular weight excluding hydrogens is 225 g/mol. The molecule has 1 unspecified atom stereocenters. The molecule has 0 aliphatic carbocycles. The lowest BCUT2D eigenvalue weighted by Gasteiger charge is -2.21. The topological polar surface area (TPSA) is 52.3 Å². The van der Waals surface area contributed by atoms with Crippen molar-refractivity contribution >= 4 is 29.0 Å². The van der Waals surface area contributed by atoms with Crippen molar-refractivity contribution in [3.8, 4) is 5.75 Å². The maximum Gasteiger partial charge on any atom is 0.186 e. The Balaban J connectivity index is 2.56. The van der Waals surface area contributed by atoms with Crippen LogP contribution in [-0.2, 0) is 0 Å². The first-order valence-corrected chi connectivity index (χ1v) is 4.77. The van der Waals surface area contributed by atoms with Crippen LogP contribution in [0.1, 0.15) is 10.4 Å². The number of Topliss-reactive ketones (excluding diaryl/α,β-unsaturated/α-hetero) is 1. The van der Waals surface area contributed by atoms with Crippen molar-refractivity contribution in [1.29, 1.82) is 0 Å². The molecular formula is C9H7Cl2NO2. The predicted molar refractivity (Wildman–Crippen MR) is 54.3 cm³/mol. The third kappa shape index (κ3) is 1.47. The summed E-state index contributed by atoms with van der Waals surface area (Å²) < 4.78 is 5.25. The van der Waals surface area contributed by atoms with Crippen LogP contribution in [0, 0.1) is 0 Å². The Bertz CT molecular complexity index is 406. The number of ketones is 1. The summed E-state index contributed by atoms with van der Waals surface area (Å²) in [5.41, 5.74) is 5.93. The second-order valence-corrected chi connectivity index (χ2v) is 3.86. The van der Waals surface area contributed by atoms with Crippen LogP contribution in [0.4, 0.5) is 0 Å². The van der Waals surface area contributed by atoms with E-state index in [-0.39, 0.29) is 12.4 Å². The van der Waals surface area contributed by atoms with Crippen LogP contribution in [-0.4, -0.2) is 18.4 Å². The average molecular weight is 232 g/mol. The first kappa shape index (κ1) is 9.77. The maximum absolute atomic E-state index is 11.6. The SMILES string of the molecule is NC1COc2cc(Cl)c(Cl)cc2C1=O. The fourth-order valence-electron chi connectivity index (χ4n) is 1.30. The largest absolute Gasteiger partial charge is 0.491 e. The Morgan fingerprint density at radius 2 is 2.00 bits per heavy atom. The molecule has 0 radical (unpaired) electrons. The van der Waals surface area contributed by atoms with Gasteiger partial charge in [0.25, 0.3) is 0 Å². The third-order valence-electron chi connectivity index (χ3n) is 2.04. The predicted octanol–water partition coefficient (Wildman–Crippen LogP) is 1.90. The number of halogens is 2. The van der Waals surface area contributed by atoms with Crippen molar-refractivity contribution in [1.82, 2.24) is 0 Å². The molecule has 1 atom stereocenters. The summed E-state index contributed by atoms with van der Waals surface area (Å²) in [6.45, 7) is 0.184. The van der Waals surface area contributed by atoms with Crippen molar-refractivity contribution in [3.05, 3.63) is 27.7 Å². The van der Waals surface area contributed by atoms with Crippen LogP contribution in [0.3, 0.4) is 0 Å². The smallest absolute Gasteiger partial charge is 0.186 e. The number of hydrogen-bond donors (Lipinski definition) is 1. The van der Waals surface area contributed by atoms with Crippen molar-refractivity contribution in [2.45, 2.75) is 6.04 Å². The van der Waals surface area contributed by atoms with Crippen LogP contribution in [0.15, 0.2) is 12.1 Å². The molecule has 1 aromatic rings. The highest BCUT2D eigenvalue weighted by Gasteiger charge is 2.26. The zero-order valence-corrected chi connectivity index (χ0v) is 8.60. The van der Waals surface area contributed by atoms with E-state index in [1.807, 2.05) is 0 Å². The number of carbonyl (C=O) groups is 1. The summed E-state index contributed by atoms with van der Waals surface area (Å²) in [4.78, 5) is 11.6. The Morgan fingerprint density at radius 1 is 1.36 bits per heavy atom. The molecule has 74 valence electrons. The lowest BCUT2D eigenvalue weighted by atomic mass is 10.0. The second kappa shape index (κ2) is 3.42. The van der Waals surface area contributed by atoms with Crippen molar-refractivity contribution in [2.24, 2.45) is 5.73 Å². The fraction of sp³-hybridized carbons (Fsp3) is 0.222. The van der Waals surface area contributed by atoms with E-state index in [9.17, 15) is 4.79 Å². The van der Waals surface area contributed by atoms with E-state index in [0.717, 1.165) is 0 Å². The molecule has 2 N–H and O–H groups in total. The molecule has 0 fully saturated rings. The number of ether oxygens (including phenoxy) is 1. The van der Waals surface area contributed by atoms with Gasteiger partial charge in [-0.2, -0.15) is 0 Å². The van der Waals surface area contributed by atoms with Crippen LogP contribution < -0.4 is 10.5 Å². The number of nitrogens with two attached hydrogens (primary N) is 1. The third-order valence-corrected chi connectivity index (χ3v) is 2.77. The van der Waals surface area contributed by atoms with Crippen molar-refractivity contribution in [2.75, 3.05) is 6.61 Å². The molecule has 1 aliphatic rings. The van der Waals surface area contributed by atoms with Gasteiger partial charge in [-0.1, -0.05) is 23.2 Å². The summed E-state index contributed by atoms with van der Waals surface area (Å²) in [6.07, 6.45) is 0. The molecule has 0 saturated carbocycles. The van der Waals surface area contributed by atoms with E-state index in [4.69, 9.17) is 33.7 Å². The maximum atomic E-state index is 11.6. The molecule has 0 saturated heterocycles. The standard InChI is InChI=1S/C9H7Cl2NO2/c10-5-1-4-8(2-6(5)11)14-3-7(12)9(4)13/h1-2,7H,3,12H2. The van der Waals surface area contributed by atoms with E-state index >= 15 is 0 Å². The second-order valence-electron chi connectivity index (χ2n) is 3.04. The molecule has 1 heterocycles. The van der Waals surface area contributed by atoms with Crippen LogP contribution in [0.2, 0.25) is 10.0 Å². The number of hydrogen-bond acceptors (Lipinski definition) is 3. The fourth-order valence-corrected chi connectivity index (χ4v) is 1.61. The molecule has 14 heavy (non-hydrogen) atoms. The van der Waals surface area contributed by atoms with E-state index < -0.39 is 6.04 Å². The van der Waals surface area contributed by atoms with Gasteiger partial charge < -0.3 is 10.5 Å². The van der Waals surface area contributed by atoms with Gasteiger partial charge in [0.15, 0.2) is 5.78 Å². The number of benzene rings is 1. The number of fused-ring (bicyclic) bond motifs is 1. The van der Waals surface area contributed by atoms with Gasteiger partial charge in [-0.3, -0.25) is 4.79 Å². The normalized spacial score (nSPS) is 20.2. The van der Waals surface area contributed by atoms with Crippen LogP contribution in [0.5, 0.6) is 5.75 Å². The highest BCUT2D eigenvalue weighted by molar-refractivity contribution is 6.42. The van der Waals surface area contributed by atoms with E-state index in [1.165, 1.54) is 12.1 Å². The summed E-state index contributed by atoms with van der Waals surface area (Å²) in [7, 11) is 0. The van der Waals surface area contributed by atoms with E-state index in [2.05, 4.69) is 0 Å². The zero-order chi connectivity index (χ0) is 10.3. The summed E-state index contributed by atoms with van der Waals surface area (Å²) in [6, 6.07) is 2.41. The quantitative estimate of drug-likeness (QED) is 0.743. The highest BCUT2D eigenvalue weighted by atomic mass is 35.5. The molecule has 5 heteroatoms. The van der Waals surface area contributed by atoms with Gasteiger partial charge in [0, 0.05) is 6.07 Å². The van der Waals surface area contributed by atoms with Gasteiger partial charge in [0.2, 0.25) is 0 Å². The summed E-state index contributed by atoms with van der Waals surface area (Å²) >= 11 is 11.6. The minimum atomic E-state index is -0.611. The first-order valence-electron chi connectivity index (χ1n) is 4.01. The average Bonchev–Trinajstić information content (AvgIpc) is 2.15. The molecule has 1 aliphatic heterocycles. The van der Waals surface area contributed by atoms with Gasteiger partial charge in [-0.25, -0.2) is 0 Å². The Kier molecular flexibility index (Phi) is 2.39. The molecule has 1 aromatic carbocycles. The summed E-state index contributed by atoms with van der Waals surface area (Å²) in [5.74, 6) is 0.288. The van der Waals surface area contributed by atoms with Gasteiger partial charge in [0.1, 0.15) is 18.4 Å². The van der Waals surface area contributed by atoms with Gasteiger partial charge in [-0.15, -0.1) is 0 Å². The minimum Gasteiger partial charge on any atom is -0.491 e. The van der Waals surface area contributed by atoms with Crippen LogP contribution >= 0.6 is 23.2 Å². The van der Waals surface area contributed by atoms with Gasteiger partial charge >= 0.3 is 0 Å². The van der Waals surface area contributed by atoms with Crippen molar-refractivity contribution < 1.29 is 9.53 Å². The van der Waals surface area contributed by atoms with Crippen molar-refractivity contribution in [3.63, 3.8) is 0 Å². The lowest BCUT2D eigenvalue weighted by Crippen LogP contribution is -2.40. The van der Waals surface area contributed by atoms with E-state index in [0.29, 0.717) is 21.4 Å². The Labute approximate surface area is 90.7 Å². The van der Waals surface area contributed by atoms with Gasteiger partial charge in [-0.05, 0) is 6.07 Å². The van der Waals surface area contributed by atoms with Gasteiger partial charge in [0.05, 0.1) is 15.6 Å². The molecule has 2 rings (SSSR count). The Morgan fingerprint density at radius 3 is 2.71 bits per heavy atom. The first-order chi connectivity index (χ1) is 6.59. The molecule has 0 spiro atoms. The summed E-state index contributed by atoms with van der Waals surface area (Å²) in [5, 5.41) is 0.699. The molecule has 0 bridgehead atoms. The number of carbonyl (C=O) groups excluding carboxylic acids is 1. The minimum absolute atomic E-state index is 0.162. The Hall–Kier alpha value is -0.770. The highest BCUT2D eigenvalue weighted by Crippen LogP contribution is 2.33. The van der Waals surface area contributed by atoms with Crippen LogP contribution in [0.25, 0.3) is 0 Å². The van der Waals surface area contributed by atoms with E-state index in [1.54, 1.807) is 0 Å². The molecule has 3 nitrogen and oxygen atoms in total. The monoisotopic (exact) mass is 231 g/mol. The zero-order valence-electron chi connectivity index (χ0n) is 7.09. The number of rotatable bonds is 0. The molecule has 0 amide bonds. The molecule has 0 aromatic heterocycles. The lowest BCUT2D eigenvalue weighted by molar-refractivity contribution is 0.0900.